The summed E-state index contributed by atoms with van der Waals surface area (Å²) in [6.07, 6.45) is 1.65. The highest BCUT2D eigenvalue weighted by molar-refractivity contribution is 5.96. The van der Waals surface area contributed by atoms with Gasteiger partial charge in [-0.2, -0.15) is 0 Å². The lowest BCUT2D eigenvalue weighted by Gasteiger charge is -2.10. The standard InChI is InChI=1S/C15H18N4O2/c1-10-7-12(19-16)3-4-13(10)15(20)18-9-11-5-6-17-14(8-11)21-2/h3-8,19H,9,16H2,1-2H3,(H,18,20). The maximum absolute atomic E-state index is 12.2. The zero-order chi connectivity index (χ0) is 15.2. The molecule has 1 aromatic carbocycles. The number of carbonyl (C=O) groups excluding carboxylic acids is 1. The first-order chi connectivity index (χ1) is 10.1. The Bertz CT molecular complexity index is 643. The van der Waals surface area contributed by atoms with E-state index in [0.717, 1.165) is 16.8 Å². The summed E-state index contributed by atoms with van der Waals surface area (Å²) < 4.78 is 5.05. The van der Waals surface area contributed by atoms with Crippen LogP contribution < -0.4 is 21.3 Å². The number of hydrazine groups is 1. The van der Waals surface area contributed by atoms with Gasteiger partial charge >= 0.3 is 0 Å². The van der Waals surface area contributed by atoms with E-state index in [9.17, 15) is 4.79 Å². The summed E-state index contributed by atoms with van der Waals surface area (Å²) >= 11 is 0. The Balaban J connectivity index is 2.04. The molecule has 0 aliphatic heterocycles. The van der Waals surface area contributed by atoms with Crippen LogP contribution in [-0.2, 0) is 6.54 Å². The minimum atomic E-state index is -0.133. The van der Waals surface area contributed by atoms with Crippen molar-refractivity contribution in [2.45, 2.75) is 13.5 Å². The van der Waals surface area contributed by atoms with Crippen molar-refractivity contribution in [3.8, 4) is 5.88 Å². The first-order valence-electron chi connectivity index (χ1n) is 6.48. The fourth-order valence-corrected chi connectivity index (χ4v) is 1.96. The van der Waals surface area contributed by atoms with Crippen LogP contribution >= 0.6 is 0 Å². The summed E-state index contributed by atoms with van der Waals surface area (Å²) in [5.74, 6) is 5.73. The van der Waals surface area contributed by atoms with Crippen LogP contribution in [0.15, 0.2) is 36.5 Å². The molecule has 0 radical (unpaired) electrons. The highest BCUT2D eigenvalue weighted by atomic mass is 16.5. The molecule has 0 aliphatic carbocycles. The molecular formula is C15H18N4O2. The van der Waals surface area contributed by atoms with Gasteiger partial charge in [0.05, 0.1) is 7.11 Å². The minimum Gasteiger partial charge on any atom is -0.481 e. The number of nitrogen functional groups attached to an aromatic ring is 1. The topological polar surface area (TPSA) is 89.3 Å². The van der Waals surface area contributed by atoms with Crippen molar-refractivity contribution in [2.75, 3.05) is 12.5 Å². The Morgan fingerprint density at radius 1 is 1.33 bits per heavy atom. The van der Waals surface area contributed by atoms with E-state index in [2.05, 4.69) is 15.7 Å². The Kier molecular flexibility index (Phi) is 4.73. The predicted molar refractivity (Wildman–Crippen MR) is 80.9 cm³/mol. The van der Waals surface area contributed by atoms with Crippen LogP contribution in [0.3, 0.4) is 0 Å². The third kappa shape index (κ3) is 3.70. The number of nitrogens with zero attached hydrogens (tertiary/aromatic N) is 1. The van der Waals surface area contributed by atoms with E-state index in [1.165, 1.54) is 0 Å². The van der Waals surface area contributed by atoms with Crippen molar-refractivity contribution in [1.82, 2.24) is 10.3 Å². The monoisotopic (exact) mass is 286 g/mol. The minimum absolute atomic E-state index is 0.133. The lowest BCUT2D eigenvalue weighted by atomic mass is 10.1. The molecule has 110 valence electrons. The van der Waals surface area contributed by atoms with Gasteiger partial charge in [-0.3, -0.25) is 10.6 Å². The second-order valence-corrected chi connectivity index (χ2v) is 4.56. The Morgan fingerprint density at radius 2 is 2.14 bits per heavy atom. The molecule has 0 fully saturated rings. The van der Waals surface area contributed by atoms with Gasteiger partial charge in [-0.15, -0.1) is 0 Å². The summed E-state index contributed by atoms with van der Waals surface area (Å²) in [4.78, 5) is 16.2. The van der Waals surface area contributed by atoms with E-state index < -0.39 is 0 Å². The number of anilines is 1. The molecule has 2 rings (SSSR count). The molecule has 6 heteroatoms. The number of aryl methyl sites for hydroxylation is 1. The first kappa shape index (κ1) is 14.8. The lowest BCUT2D eigenvalue weighted by Crippen LogP contribution is -2.23. The number of hydrogen-bond donors (Lipinski definition) is 3. The van der Waals surface area contributed by atoms with Gasteiger partial charge in [0, 0.05) is 30.1 Å². The van der Waals surface area contributed by atoms with E-state index in [1.54, 1.807) is 31.5 Å². The second kappa shape index (κ2) is 6.71. The van der Waals surface area contributed by atoms with Gasteiger partial charge in [0.15, 0.2) is 0 Å². The van der Waals surface area contributed by atoms with Crippen LogP contribution in [0.25, 0.3) is 0 Å². The Morgan fingerprint density at radius 3 is 2.81 bits per heavy atom. The van der Waals surface area contributed by atoms with Crippen molar-refractivity contribution in [3.05, 3.63) is 53.2 Å². The van der Waals surface area contributed by atoms with E-state index in [1.807, 2.05) is 19.1 Å². The number of methoxy groups -OCH3 is 1. The molecule has 21 heavy (non-hydrogen) atoms. The van der Waals surface area contributed by atoms with Gasteiger partial charge in [-0.1, -0.05) is 0 Å². The van der Waals surface area contributed by atoms with Gasteiger partial charge in [0.2, 0.25) is 5.88 Å². The number of ether oxygens (including phenoxy) is 1. The largest absolute Gasteiger partial charge is 0.481 e. The fourth-order valence-electron chi connectivity index (χ4n) is 1.96. The number of carbonyl (C=O) groups is 1. The summed E-state index contributed by atoms with van der Waals surface area (Å²) in [7, 11) is 1.56. The van der Waals surface area contributed by atoms with Crippen LogP contribution in [0.2, 0.25) is 0 Å². The molecule has 0 unspecified atom stereocenters. The second-order valence-electron chi connectivity index (χ2n) is 4.56. The molecule has 0 bridgehead atoms. The van der Waals surface area contributed by atoms with Crippen LogP contribution in [-0.4, -0.2) is 18.0 Å². The molecule has 0 saturated heterocycles. The Labute approximate surface area is 123 Å². The molecule has 2 aromatic rings. The molecule has 1 amide bonds. The smallest absolute Gasteiger partial charge is 0.251 e. The van der Waals surface area contributed by atoms with Crippen molar-refractivity contribution < 1.29 is 9.53 Å². The van der Waals surface area contributed by atoms with Crippen LogP contribution in [0, 0.1) is 6.92 Å². The van der Waals surface area contributed by atoms with Crippen LogP contribution in [0.4, 0.5) is 5.69 Å². The summed E-state index contributed by atoms with van der Waals surface area (Å²) in [5.41, 5.74) is 5.72. The fraction of sp³-hybridized carbons (Fsp3) is 0.200. The molecule has 4 N–H and O–H groups in total. The normalized spacial score (nSPS) is 10.0. The third-order valence-corrected chi connectivity index (χ3v) is 3.10. The molecule has 0 atom stereocenters. The zero-order valence-corrected chi connectivity index (χ0v) is 12.0. The third-order valence-electron chi connectivity index (χ3n) is 3.10. The maximum atomic E-state index is 12.2. The highest BCUT2D eigenvalue weighted by Gasteiger charge is 2.09. The van der Waals surface area contributed by atoms with Gasteiger partial charge < -0.3 is 15.5 Å². The van der Waals surface area contributed by atoms with Gasteiger partial charge in [0.25, 0.3) is 5.91 Å². The first-order valence-corrected chi connectivity index (χ1v) is 6.48. The number of benzene rings is 1. The maximum Gasteiger partial charge on any atom is 0.251 e. The van der Waals surface area contributed by atoms with Crippen molar-refractivity contribution >= 4 is 11.6 Å². The number of amides is 1. The average Bonchev–Trinajstić information content (AvgIpc) is 2.52. The van der Waals surface area contributed by atoms with Crippen LogP contribution in [0.1, 0.15) is 21.5 Å². The van der Waals surface area contributed by atoms with E-state index in [0.29, 0.717) is 18.0 Å². The Hall–Kier alpha value is -2.60. The summed E-state index contributed by atoms with van der Waals surface area (Å²) in [5, 5.41) is 2.87. The lowest BCUT2D eigenvalue weighted by molar-refractivity contribution is 0.0950. The SMILES string of the molecule is COc1cc(CNC(=O)c2ccc(NN)cc2C)ccn1. The predicted octanol–water partition coefficient (Wildman–Crippen LogP) is 1.61. The van der Waals surface area contributed by atoms with Crippen LogP contribution in [0.5, 0.6) is 5.88 Å². The molecular weight excluding hydrogens is 268 g/mol. The number of pyridine rings is 1. The molecule has 6 nitrogen and oxygen atoms in total. The average molecular weight is 286 g/mol. The van der Waals surface area contributed by atoms with Crippen molar-refractivity contribution in [3.63, 3.8) is 0 Å². The van der Waals surface area contributed by atoms with Gasteiger partial charge in [-0.05, 0) is 42.3 Å². The summed E-state index contributed by atoms with van der Waals surface area (Å²) in [6, 6.07) is 8.94. The van der Waals surface area contributed by atoms with Gasteiger partial charge in [0.1, 0.15) is 0 Å². The quantitative estimate of drug-likeness (QED) is 0.574. The number of aromatic nitrogens is 1. The number of hydrogen-bond acceptors (Lipinski definition) is 5. The number of nitrogens with two attached hydrogens (primary N) is 1. The van der Waals surface area contributed by atoms with E-state index in [-0.39, 0.29) is 5.91 Å². The molecule has 0 aliphatic rings. The molecule has 0 spiro atoms. The van der Waals surface area contributed by atoms with Crippen molar-refractivity contribution in [1.29, 1.82) is 0 Å². The highest BCUT2D eigenvalue weighted by Crippen LogP contribution is 2.14. The molecule has 1 aromatic heterocycles. The zero-order valence-electron chi connectivity index (χ0n) is 12.0. The van der Waals surface area contributed by atoms with E-state index in [4.69, 9.17) is 10.6 Å². The van der Waals surface area contributed by atoms with Crippen molar-refractivity contribution in [2.24, 2.45) is 5.84 Å². The van der Waals surface area contributed by atoms with E-state index >= 15 is 0 Å². The number of nitrogens with one attached hydrogen (secondary N) is 2. The molecule has 1 heterocycles. The number of rotatable bonds is 5. The molecule has 0 saturated carbocycles. The van der Waals surface area contributed by atoms with Gasteiger partial charge in [-0.25, -0.2) is 4.98 Å². The summed E-state index contributed by atoms with van der Waals surface area (Å²) in [6.45, 7) is 2.28.